The number of anilines is 1. The molecule has 0 amide bonds. The standard InChI is InChI=1S/C19H15N5O3S/c1-2-27-18-9-4-3-8-15(18)22-23-16(11-20)19-21-17(12-28-19)13-6-5-7-14(10-13)24(25)26/h3-10,12,22H,2H2,1H3. The second-order valence-electron chi connectivity index (χ2n) is 5.46. The first-order valence-electron chi connectivity index (χ1n) is 8.28. The van der Waals surface area contributed by atoms with E-state index in [1.807, 2.05) is 25.1 Å². The van der Waals surface area contributed by atoms with Crippen molar-refractivity contribution < 1.29 is 9.66 Å². The molecule has 2 aromatic carbocycles. The van der Waals surface area contributed by atoms with Gasteiger partial charge in [0, 0.05) is 23.1 Å². The van der Waals surface area contributed by atoms with Crippen LogP contribution in [0.4, 0.5) is 11.4 Å². The number of thiazole rings is 1. The minimum atomic E-state index is -0.460. The first kappa shape index (κ1) is 19.0. The third-order valence-corrected chi connectivity index (χ3v) is 4.49. The van der Waals surface area contributed by atoms with Crippen molar-refractivity contribution in [2.24, 2.45) is 5.10 Å². The quantitative estimate of drug-likeness (QED) is 0.360. The zero-order valence-electron chi connectivity index (χ0n) is 14.8. The molecule has 0 saturated heterocycles. The fourth-order valence-corrected chi connectivity index (χ4v) is 3.14. The summed E-state index contributed by atoms with van der Waals surface area (Å²) in [5, 5.41) is 26.7. The van der Waals surface area contributed by atoms with Gasteiger partial charge >= 0.3 is 0 Å². The smallest absolute Gasteiger partial charge is 0.270 e. The average molecular weight is 393 g/mol. The second-order valence-corrected chi connectivity index (χ2v) is 6.32. The third kappa shape index (κ3) is 4.31. The molecule has 8 nitrogen and oxygen atoms in total. The Morgan fingerprint density at radius 3 is 2.93 bits per heavy atom. The number of aromatic nitrogens is 1. The number of para-hydroxylation sites is 2. The zero-order chi connectivity index (χ0) is 19.9. The van der Waals surface area contributed by atoms with E-state index in [0.29, 0.717) is 34.3 Å². The van der Waals surface area contributed by atoms with Gasteiger partial charge in [0.05, 0.1) is 22.9 Å². The van der Waals surface area contributed by atoms with E-state index in [0.717, 1.165) is 0 Å². The third-order valence-electron chi connectivity index (χ3n) is 3.64. The van der Waals surface area contributed by atoms with Crippen molar-refractivity contribution in [1.82, 2.24) is 4.98 Å². The summed E-state index contributed by atoms with van der Waals surface area (Å²) in [4.78, 5) is 14.9. The van der Waals surface area contributed by atoms with Crippen molar-refractivity contribution in [1.29, 1.82) is 5.26 Å². The van der Waals surface area contributed by atoms with Crippen LogP contribution in [0.3, 0.4) is 0 Å². The summed E-state index contributed by atoms with van der Waals surface area (Å²) in [6, 6.07) is 15.5. The Bertz CT molecular complexity index is 1070. The molecule has 0 spiro atoms. The lowest BCUT2D eigenvalue weighted by molar-refractivity contribution is -0.384. The first-order chi connectivity index (χ1) is 13.6. The van der Waals surface area contributed by atoms with Crippen molar-refractivity contribution in [2.45, 2.75) is 6.92 Å². The van der Waals surface area contributed by atoms with Crippen molar-refractivity contribution in [3.63, 3.8) is 0 Å². The van der Waals surface area contributed by atoms with Crippen LogP contribution in [0.5, 0.6) is 5.75 Å². The molecule has 3 rings (SSSR count). The minimum Gasteiger partial charge on any atom is -0.492 e. The maximum absolute atomic E-state index is 10.9. The summed E-state index contributed by atoms with van der Waals surface area (Å²) in [7, 11) is 0. The van der Waals surface area contributed by atoms with E-state index >= 15 is 0 Å². The predicted octanol–water partition coefficient (Wildman–Crippen LogP) is 4.46. The molecule has 0 unspecified atom stereocenters. The summed E-state index contributed by atoms with van der Waals surface area (Å²) in [5.41, 5.74) is 4.70. The molecule has 1 heterocycles. The summed E-state index contributed by atoms with van der Waals surface area (Å²) >= 11 is 1.24. The fourth-order valence-electron chi connectivity index (χ4n) is 2.37. The van der Waals surface area contributed by atoms with Crippen LogP contribution in [0.1, 0.15) is 11.9 Å². The van der Waals surface area contributed by atoms with Crippen LogP contribution >= 0.6 is 11.3 Å². The zero-order valence-corrected chi connectivity index (χ0v) is 15.6. The number of rotatable bonds is 7. The van der Waals surface area contributed by atoms with Gasteiger partial charge in [-0.15, -0.1) is 11.3 Å². The summed E-state index contributed by atoms with van der Waals surface area (Å²) in [6.45, 7) is 2.39. The van der Waals surface area contributed by atoms with Crippen LogP contribution < -0.4 is 10.2 Å². The monoisotopic (exact) mass is 393 g/mol. The molecule has 3 aromatic rings. The van der Waals surface area contributed by atoms with Gasteiger partial charge in [0.1, 0.15) is 11.8 Å². The van der Waals surface area contributed by atoms with Gasteiger partial charge in [0.2, 0.25) is 0 Å². The van der Waals surface area contributed by atoms with Gasteiger partial charge in [-0.2, -0.15) is 10.4 Å². The lowest BCUT2D eigenvalue weighted by Crippen LogP contribution is -2.03. The molecule has 1 aromatic heterocycles. The Labute approximate surface area is 164 Å². The summed E-state index contributed by atoms with van der Waals surface area (Å²) in [6.07, 6.45) is 0. The van der Waals surface area contributed by atoms with Crippen LogP contribution in [-0.4, -0.2) is 22.2 Å². The molecule has 140 valence electrons. The number of nitrogens with one attached hydrogen (secondary N) is 1. The number of ether oxygens (including phenoxy) is 1. The van der Waals surface area contributed by atoms with Gasteiger partial charge in [-0.05, 0) is 19.1 Å². The van der Waals surface area contributed by atoms with E-state index in [9.17, 15) is 15.4 Å². The first-order valence-corrected chi connectivity index (χ1v) is 9.16. The molecule has 0 atom stereocenters. The molecule has 0 aliphatic heterocycles. The van der Waals surface area contributed by atoms with E-state index in [1.54, 1.807) is 29.6 Å². The van der Waals surface area contributed by atoms with Crippen LogP contribution in [0, 0.1) is 21.4 Å². The maximum Gasteiger partial charge on any atom is 0.270 e. The summed E-state index contributed by atoms with van der Waals surface area (Å²) < 4.78 is 5.52. The number of nitro benzene ring substituents is 1. The van der Waals surface area contributed by atoms with E-state index in [4.69, 9.17) is 4.74 Å². The van der Waals surface area contributed by atoms with Gasteiger partial charge in [-0.25, -0.2) is 4.98 Å². The Morgan fingerprint density at radius 2 is 2.18 bits per heavy atom. The van der Waals surface area contributed by atoms with E-state index < -0.39 is 4.92 Å². The van der Waals surface area contributed by atoms with Crippen molar-refractivity contribution in [3.05, 3.63) is 69.0 Å². The minimum absolute atomic E-state index is 0.0181. The average Bonchev–Trinajstić information content (AvgIpc) is 3.20. The molecule has 0 aliphatic rings. The van der Waals surface area contributed by atoms with Crippen LogP contribution in [0.25, 0.3) is 11.3 Å². The molecule has 0 aliphatic carbocycles. The van der Waals surface area contributed by atoms with Crippen LogP contribution in [-0.2, 0) is 0 Å². The highest BCUT2D eigenvalue weighted by atomic mass is 32.1. The van der Waals surface area contributed by atoms with E-state index in [-0.39, 0.29) is 11.4 Å². The Morgan fingerprint density at radius 1 is 1.36 bits per heavy atom. The number of nitro groups is 1. The number of non-ortho nitro benzene ring substituents is 1. The second kappa shape index (κ2) is 8.75. The highest BCUT2D eigenvalue weighted by Crippen LogP contribution is 2.26. The Hall–Kier alpha value is -3.77. The van der Waals surface area contributed by atoms with Gasteiger partial charge < -0.3 is 4.74 Å². The lowest BCUT2D eigenvalue weighted by Gasteiger charge is -2.08. The molecular formula is C19H15N5O3S. The summed E-state index contributed by atoms with van der Waals surface area (Å²) in [5.74, 6) is 0.627. The van der Waals surface area contributed by atoms with E-state index in [2.05, 4.69) is 15.5 Å². The fraction of sp³-hybridized carbons (Fsp3) is 0.105. The highest BCUT2D eigenvalue weighted by Gasteiger charge is 2.13. The van der Waals surface area contributed by atoms with Crippen LogP contribution in [0.15, 0.2) is 59.0 Å². The Balaban J connectivity index is 1.85. The number of hydrogen-bond donors (Lipinski definition) is 1. The van der Waals surface area contributed by atoms with Crippen LogP contribution in [0.2, 0.25) is 0 Å². The molecule has 0 saturated carbocycles. The molecule has 1 N–H and O–H groups in total. The van der Waals surface area contributed by atoms with Crippen molar-refractivity contribution in [2.75, 3.05) is 12.0 Å². The molecule has 28 heavy (non-hydrogen) atoms. The van der Waals surface area contributed by atoms with Crippen molar-refractivity contribution in [3.8, 4) is 23.1 Å². The van der Waals surface area contributed by atoms with Gasteiger partial charge in [-0.1, -0.05) is 24.3 Å². The largest absolute Gasteiger partial charge is 0.492 e. The molecule has 0 bridgehead atoms. The molecule has 0 fully saturated rings. The lowest BCUT2D eigenvalue weighted by atomic mass is 10.1. The van der Waals surface area contributed by atoms with Gasteiger partial charge in [-0.3, -0.25) is 15.5 Å². The predicted molar refractivity (Wildman–Crippen MR) is 108 cm³/mol. The van der Waals surface area contributed by atoms with Gasteiger partial charge in [0.25, 0.3) is 5.69 Å². The van der Waals surface area contributed by atoms with E-state index in [1.165, 1.54) is 23.5 Å². The number of hydrogen-bond acceptors (Lipinski definition) is 8. The normalized spacial score (nSPS) is 10.9. The number of hydrazone groups is 1. The topological polar surface area (TPSA) is 113 Å². The molecule has 9 heteroatoms. The number of nitrogens with zero attached hydrogens (tertiary/aromatic N) is 4. The maximum atomic E-state index is 10.9. The van der Waals surface area contributed by atoms with Crippen molar-refractivity contribution >= 4 is 28.4 Å². The molecular weight excluding hydrogens is 378 g/mol. The Kier molecular flexibility index (Phi) is 5.94. The number of nitriles is 1. The number of benzene rings is 2. The van der Waals surface area contributed by atoms with Gasteiger partial charge in [0.15, 0.2) is 10.7 Å². The SMILES string of the molecule is CCOc1ccccc1NN=C(C#N)c1nc(-c2cccc([N+](=O)[O-])c2)cs1. The highest BCUT2D eigenvalue weighted by molar-refractivity contribution is 7.12. The molecule has 0 radical (unpaired) electrons.